The van der Waals surface area contributed by atoms with Crippen molar-refractivity contribution in [2.75, 3.05) is 6.54 Å². The summed E-state index contributed by atoms with van der Waals surface area (Å²) in [4.78, 5) is 0.206. The van der Waals surface area contributed by atoms with Crippen LogP contribution in [0.5, 0.6) is 5.75 Å². The third-order valence-corrected chi connectivity index (χ3v) is 5.69. The average Bonchev–Trinajstić information content (AvgIpc) is 2.46. The van der Waals surface area contributed by atoms with E-state index in [0.717, 1.165) is 18.8 Å². The average molecular weight is 297 g/mol. The van der Waals surface area contributed by atoms with Crippen molar-refractivity contribution in [3.05, 3.63) is 24.3 Å². The molecule has 1 aliphatic carbocycles. The van der Waals surface area contributed by atoms with Gasteiger partial charge in [0.2, 0.25) is 10.0 Å². The number of rotatable bonds is 5. The minimum atomic E-state index is -3.46. The second-order valence-corrected chi connectivity index (χ2v) is 7.41. The highest BCUT2D eigenvalue weighted by atomic mass is 32.2. The third kappa shape index (κ3) is 3.96. The van der Waals surface area contributed by atoms with Crippen LogP contribution >= 0.6 is 0 Å². The lowest BCUT2D eigenvalue weighted by atomic mass is 9.81. The zero-order chi connectivity index (χ0) is 14.6. The van der Waals surface area contributed by atoms with Gasteiger partial charge in [-0.1, -0.05) is 26.2 Å². The zero-order valence-corrected chi connectivity index (χ0v) is 12.7. The maximum absolute atomic E-state index is 12.1. The molecule has 0 amide bonds. The molecule has 0 spiro atoms. The number of phenols is 1. The Morgan fingerprint density at radius 1 is 1.10 bits per heavy atom. The van der Waals surface area contributed by atoms with Crippen LogP contribution in [0.3, 0.4) is 0 Å². The van der Waals surface area contributed by atoms with Crippen molar-refractivity contribution >= 4 is 10.0 Å². The molecular formula is C15H23NO3S. The molecule has 1 aromatic carbocycles. The number of hydrogen-bond acceptors (Lipinski definition) is 3. The van der Waals surface area contributed by atoms with E-state index in [9.17, 15) is 13.5 Å². The molecule has 1 aliphatic rings. The largest absolute Gasteiger partial charge is 0.508 e. The van der Waals surface area contributed by atoms with Crippen LogP contribution in [-0.2, 0) is 10.0 Å². The topological polar surface area (TPSA) is 66.4 Å². The van der Waals surface area contributed by atoms with Crippen molar-refractivity contribution in [2.45, 2.75) is 43.9 Å². The quantitative estimate of drug-likeness (QED) is 0.878. The van der Waals surface area contributed by atoms with Crippen LogP contribution in [0.1, 0.15) is 39.0 Å². The standard InChI is InChI=1S/C15H23NO3S/c1-2-12-3-5-13(6-4-12)11-16-20(18,19)15-9-7-14(17)8-10-15/h7-10,12-13,16-17H,2-6,11H2,1H3. The summed E-state index contributed by atoms with van der Waals surface area (Å²) in [6.07, 6.45) is 5.86. The number of nitrogens with one attached hydrogen (secondary N) is 1. The fourth-order valence-corrected chi connectivity index (χ4v) is 3.90. The Kier molecular flexibility index (Phi) is 5.05. The maximum atomic E-state index is 12.1. The number of benzene rings is 1. The van der Waals surface area contributed by atoms with E-state index in [1.54, 1.807) is 0 Å². The normalized spacial score (nSPS) is 23.6. The molecular weight excluding hydrogens is 274 g/mol. The van der Waals surface area contributed by atoms with Gasteiger partial charge in [0.1, 0.15) is 5.75 Å². The Balaban J connectivity index is 1.88. The molecule has 1 fully saturated rings. The van der Waals surface area contributed by atoms with Gasteiger partial charge in [0.05, 0.1) is 4.90 Å². The van der Waals surface area contributed by atoms with Crippen LogP contribution in [0.4, 0.5) is 0 Å². The molecule has 0 radical (unpaired) electrons. The van der Waals surface area contributed by atoms with E-state index in [4.69, 9.17) is 0 Å². The molecule has 0 aliphatic heterocycles. The van der Waals surface area contributed by atoms with Gasteiger partial charge in [-0.3, -0.25) is 0 Å². The van der Waals surface area contributed by atoms with Gasteiger partial charge < -0.3 is 5.11 Å². The minimum absolute atomic E-state index is 0.0711. The molecule has 0 unspecified atom stereocenters. The second kappa shape index (κ2) is 6.59. The predicted octanol–water partition coefficient (Wildman–Crippen LogP) is 2.89. The fourth-order valence-electron chi connectivity index (χ4n) is 2.78. The zero-order valence-electron chi connectivity index (χ0n) is 11.9. The monoisotopic (exact) mass is 297 g/mol. The van der Waals surface area contributed by atoms with Crippen molar-refractivity contribution in [2.24, 2.45) is 11.8 Å². The lowest BCUT2D eigenvalue weighted by Crippen LogP contribution is -2.31. The van der Waals surface area contributed by atoms with Gasteiger partial charge in [-0.15, -0.1) is 0 Å². The number of phenolic OH excluding ortho intramolecular Hbond substituents is 1. The molecule has 5 heteroatoms. The highest BCUT2D eigenvalue weighted by molar-refractivity contribution is 7.89. The van der Waals surface area contributed by atoms with Crippen LogP contribution in [0, 0.1) is 11.8 Å². The van der Waals surface area contributed by atoms with Gasteiger partial charge in [-0.25, -0.2) is 13.1 Å². The van der Waals surface area contributed by atoms with Gasteiger partial charge in [-0.2, -0.15) is 0 Å². The smallest absolute Gasteiger partial charge is 0.240 e. The van der Waals surface area contributed by atoms with Crippen LogP contribution in [0.15, 0.2) is 29.2 Å². The van der Waals surface area contributed by atoms with Crippen molar-refractivity contribution in [1.29, 1.82) is 0 Å². The summed E-state index contributed by atoms with van der Waals surface area (Å²) in [6, 6.07) is 5.62. The molecule has 1 saturated carbocycles. The lowest BCUT2D eigenvalue weighted by Gasteiger charge is -2.27. The van der Waals surface area contributed by atoms with E-state index < -0.39 is 10.0 Å². The lowest BCUT2D eigenvalue weighted by molar-refractivity contribution is 0.270. The fraction of sp³-hybridized carbons (Fsp3) is 0.600. The second-order valence-electron chi connectivity index (χ2n) is 5.64. The molecule has 0 atom stereocenters. The van der Waals surface area contributed by atoms with Crippen LogP contribution in [0.25, 0.3) is 0 Å². The first-order valence-electron chi connectivity index (χ1n) is 7.30. The Morgan fingerprint density at radius 3 is 2.20 bits per heavy atom. The summed E-state index contributed by atoms with van der Waals surface area (Å²) in [5, 5.41) is 9.19. The highest BCUT2D eigenvalue weighted by Crippen LogP contribution is 2.30. The van der Waals surface area contributed by atoms with Crippen molar-refractivity contribution in [1.82, 2.24) is 4.72 Å². The molecule has 2 N–H and O–H groups in total. The molecule has 20 heavy (non-hydrogen) atoms. The first-order valence-corrected chi connectivity index (χ1v) is 8.78. The Bertz CT molecular complexity index is 517. The first kappa shape index (κ1) is 15.3. The molecule has 0 heterocycles. The maximum Gasteiger partial charge on any atom is 0.240 e. The van der Waals surface area contributed by atoms with Crippen molar-refractivity contribution in [3.8, 4) is 5.75 Å². The molecule has 2 rings (SSSR count). The number of aromatic hydroxyl groups is 1. The molecule has 0 aromatic heterocycles. The highest BCUT2D eigenvalue weighted by Gasteiger charge is 2.22. The van der Waals surface area contributed by atoms with Gasteiger partial charge in [0.25, 0.3) is 0 Å². The van der Waals surface area contributed by atoms with Gasteiger partial charge in [0.15, 0.2) is 0 Å². The van der Waals surface area contributed by atoms with Crippen molar-refractivity contribution < 1.29 is 13.5 Å². The SMILES string of the molecule is CCC1CCC(CNS(=O)(=O)c2ccc(O)cc2)CC1. The van der Waals surface area contributed by atoms with E-state index in [2.05, 4.69) is 11.6 Å². The molecule has 4 nitrogen and oxygen atoms in total. The molecule has 112 valence electrons. The van der Waals surface area contributed by atoms with E-state index in [0.29, 0.717) is 12.5 Å². The Labute approximate surface area is 121 Å². The number of sulfonamides is 1. The van der Waals surface area contributed by atoms with Crippen LogP contribution < -0.4 is 4.72 Å². The summed E-state index contributed by atoms with van der Waals surface area (Å²) < 4.78 is 26.9. The third-order valence-electron chi connectivity index (χ3n) is 4.25. The predicted molar refractivity (Wildman–Crippen MR) is 79.0 cm³/mol. The summed E-state index contributed by atoms with van der Waals surface area (Å²) >= 11 is 0. The molecule has 0 bridgehead atoms. The minimum Gasteiger partial charge on any atom is -0.508 e. The van der Waals surface area contributed by atoms with E-state index in [-0.39, 0.29) is 10.6 Å². The summed E-state index contributed by atoms with van der Waals surface area (Å²) in [5.41, 5.74) is 0. The van der Waals surface area contributed by atoms with Gasteiger partial charge in [-0.05, 0) is 48.9 Å². The molecule has 0 saturated heterocycles. The van der Waals surface area contributed by atoms with Gasteiger partial charge in [0, 0.05) is 6.54 Å². The summed E-state index contributed by atoms with van der Waals surface area (Å²) in [7, 11) is -3.46. The van der Waals surface area contributed by atoms with E-state index in [1.165, 1.54) is 43.5 Å². The van der Waals surface area contributed by atoms with E-state index in [1.807, 2.05) is 0 Å². The van der Waals surface area contributed by atoms with E-state index >= 15 is 0 Å². The summed E-state index contributed by atoms with van der Waals surface area (Å²) in [5.74, 6) is 1.34. The Morgan fingerprint density at radius 2 is 1.65 bits per heavy atom. The van der Waals surface area contributed by atoms with Gasteiger partial charge >= 0.3 is 0 Å². The first-order chi connectivity index (χ1) is 9.51. The Hall–Kier alpha value is -1.07. The molecule has 1 aromatic rings. The van der Waals surface area contributed by atoms with Crippen molar-refractivity contribution in [3.63, 3.8) is 0 Å². The van der Waals surface area contributed by atoms with Crippen LogP contribution in [-0.4, -0.2) is 20.1 Å². The van der Waals surface area contributed by atoms with Crippen LogP contribution in [0.2, 0.25) is 0 Å². The number of hydrogen-bond donors (Lipinski definition) is 2. The summed E-state index contributed by atoms with van der Waals surface area (Å²) in [6.45, 7) is 2.73.